The van der Waals surface area contributed by atoms with Gasteiger partial charge in [0.2, 0.25) is 0 Å². The van der Waals surface area contributed by atoms with Gasteiger partial charge in [-0.05, 0) is 30.7 Å². The van der Waals surface area contributed by atoms with Crippen LogP contribution in [0, 0.1) is 0 Å². The second-order valence-corrected chi connectivity index (χ2v) is 4.01. The van der Waals surface area contributed by atoms with Crippen molar-refractivity contribution in [3.8, 4) is 5.75 Å². The van der Waals surface area contributed by atoms with Crippen LogP contribution >= 0.6 is 27.5 Å². The minimum atomic E-state index is -0.243. The van der Waals surface area contributed by atoms with Crippen molar-refractivity contribution in [2.75, 3.05) is 5.88 Å². The van der Waals surface area contributed by atoms with E-state index in [-0.39, 0.29) is 5.97 Å². The van der Waals surface area contributed by atoms with Gasteiger partial charge in [0.1, 0.15) is 5.75 Å². The summed E-state index contributed by atoms with van der Waals surface area (Å²) in [5.74, 6) is 0.802. The molecule has 1 rings (SSSR count). The third-order valence-electron chi connectivity index (χ3n) is 1.56. The van der Waals surface area contributed by atoms with Crippen LogP contribution in [-0.2, 0) is 4.79 Å². The first-order valence-corrected chi connectivity index (χ1v) is 5.57. The lowest BCUT2D eigenvalue weighted by molar-refractivity contribution is -0.134. The number of rotatable bonds is 4. The van der Waals surface area contributed by atoms with Gasteiger partial charge >= 0.3 is 5.97 Å². The number of carbonyl (C=O) groups excluding carboxylic acids is 1. The van der Waals surface area contributed by atoms with Crippen LogP contribution in [0.1, 0.15) is 12.8 Å². The monoisotopic (exact) mass is 276 g/mol. The van der Waals surface area contributed by atoms with Gasteiger partial charge in [0.25, 0.3) is 0 Å². The Kier molecular flexibility index (Phi) is 4.98. The predicted molar refractivity (Wildman–Crippen MR) is 59.7 cm³/mol. The van der Waals surface area contributed by atoms with Crippen molar-refractivity contribution in [2.45, 2.75) is 12.8 Å². The van der Waals surface area contributed by atoms with Crippen molar-refractivity contribution in [2.24, 2.45) is 0 Å². The summed E-state index contributed by atoms with van der Waals surface area (Å²) in [6.07, 6.45) is 1.01. The molecule has 0 atom stereocenters. The molecule has 0 spiro atoms. The number of hydrogen-bond acceptors (Lipinski definition) is 2. The lowest BCUT2D eigenvalue weighted by Gasteiger charge is -2.02. The molecule has 1 aromatic carbocycles. The highest BCUT2D eigenvalue weighted by atomic mass is 79.9. The topological polar surface area (TPSA) is 26.3 Å². The molecule has 0 aliphatic heterocycles. The van der Waals surface area contributed by atoms with E-state index < -0.39 is 0 Å². The molecule has 0 bridgehead atoms. The molecule has 0 radical (unpaired) electrons. The number of carbonyl (C=O) groups is 1. The van der Waals surface area contributed by atoms with Crippen molar-refractivity contribution in [3.63, 3.8) is 0 Å². The van der Waals surface area contributed by atoms with Gasteiger partial charge < -0.3 is 4.74 Å². The van der Waals surface area contributed by atoms with Crippen LogP contribution in [0.25, 0.3) is 0 Å². The van der Waals surface area contributed by atoms with E-state index in [1.165, 1.54) is 0 Å². The van der Waals surface area contributed by atoms with Crippen LogP contribution < -0.4 is 4.74 Å². The zero-order valence-electron chi connectivity index (χ0n) is 7.50. The Morgan fingerprint density at radius 1 is 1.36 bits per heavy atom. The molecule has 76 valence electrons. The van der Waals surface area contributed by atoms with Gasteiger partial charge in [0.15, 0.2) is 0 Å². The Morgan fingerprint density at radius 2 is 2.00 bits per heavy atom. The zero-order valence-corrected chi connectivity index (χ0v) is 9.85. The van der Waals surface area contributed by atoms with Crippen LogP contribution in [0.5, 0.6) is 5.75 Å². The molecule has 0 N–H and O–H groups in total. The third-order valence-corrected chi connectivity index (χ3v) is 2.36. The molecule has 0 saturated carbocycles. The molecule has 0 unspecified atom stereocenters. The van der Waals surface area contributed by atoms with Crippen LogP contribution in [0.15, 0.2) is 28.7 Å². The van der Waals surface area contributed by atoms with Crippen LogP contribution in [0.3, 0.4) is 0 Å². The second kappa shape index (κ2) is 6.04. The summed E-state index contributed by atoms with van der Waals surface area (Å²) < 4.78 is 6.01. The summed E-state index contributed by atoms with van der Waals surface area (Å²) in [4.78, 5) is 11.2. The molecule has 0 fully saturated rings. The first-order chi connectivity index (χ1) is 6.72. The average Bonchev–Trinajstić information content (AvgIpc) is 2.18. The highest BCUT2D eigenvalue weighted by Gasteiger charge is 2.03. The fourth-order valence-electron chi connectivity index (χ4n) is 0.896. The minimum Gasteiger partial charge on any atom is -0.427 e. The maximum atomic E-state index is 11.2. The summed E-state index contributed by atoms with van der Waals surface area (Å²) in [6.45, 7) is 0. The van der Waals surface area contributed by atoms with E-state index >= 15 is 0 Å². The zero-order chi connectivity index (χ0) is 10.4. The Hall–Kier alpha value is -0.540. The molecule has 0 aliphatic rings. The molecule has 1 aromatic rings. The summed E-state index contributed by atoms with van der Waals surface area (Å²) in [5, 5.41) is 0. The number of hydrogen-bond donors (Lipinski definition) is 0. The molecule has 2 nitrogen and oxygen atoms in total. The van der Waals surface area contributed by atoms with E-state index in [4.69, 9.17) is 16.3 Å². The van der Waals surface area contributed by atoms with Crippen molar-refractivity contribution in [3.05, 3.63) is 28.7 Å². The van der Waals surface area contributed by atoms with E-state index in [0.717, 1.165) is 4.47 Å². The van der Waals surface area contributed by atoms with E-state index in [1.54, 1.807) is 12.1 Å². The standard InChI is InChI=1S/C10H10BrClO2/c11-8-3-5-9(6-4-8)14-10(13)2-1-7-12/h3-6H,1-2,7H2. The van der Waals surface area contributed by atoms with Crippen LogP contribution in [-0.4, -0.2) is 11.8 Å². The fraction of sp³-hybridized carbons (Fsp3) is 0.300. The van der Waals surface area contributed by atoms with E-state index in [9.17, 15) is 4.79 Å². The van der Waals surface area contributed by atoms with Crippen molar-refractivity contribution < 1.29 is 9.53 Å². The molecule has 14 heavy (non-hydrogen) atoms. The Bertz CT molecular complexity index is 297. The van der Waals surface area contributed by atoms with Gasteiger partial charge in [-0.2, -0.15) is 0 Å². The van der Waals surface area contributed by atoms with E-state index in [1.807, 2.05) is 12.1 Å². The summed E-state index contributed by atoms with van der Waals surface area (Å²) in [5.41, 5.74) is 0. The molecule has 4 heteroatoms. The van der Waals surface area contributed by atoms with Crippen LogP contribution in [0.4, 0.5) is 0 Å². The van der Waals surface area contributed by atoms with Crippen molar-refractivity contribution in [1.82, 2.24) is 0 Å². The smallest absolute Gasteiger partial charge is 0.311 e. The highest BCUT2D eigenvalue weighted by Crippen LogP contribution is 2.16. The number of benzene rings is 1. The number of alkyl halides is 1. The van der Waals surface area contributed by atoms with Gasteiger partial charge in [-0.1, -0.05) is 15.9 Å². The third kappa shape index (κ3) is 4.11. The predicted octanol–water partition coefficient (Wildman–Crippen LogP) is 3.37. The molecule has 0 aliphatic carbocycles. The first-order valence-electron chi connectivity index (χ1n) is 4.24. The summed E-state index contributed by atoms with van der Waals surface area (Å²) in [7, 11) is 0. The van der Waals surface area contributed by atoms with Crippen molar-refractivity contribution >= 4 is 33.5 Å². The van der Waals surface area contributed by atoms with Gasteiger partial charge in [-0.25, -0.2) is 0 Å². The van der Waals surface area contributed by atoms with Crippen LogP contribution in [0.2, 0.25) is 0 Å². The van der Waals surface area contributed by atoms with Gasteiger partial charge in [0.05, 0.1) is 0 Å². The van der Waals surface area contributed by atoms with Gasteiger partial charge in [-0.3, -0.25) is 4.79 Å². The molecule has 0 amide bonds. The molecule has 0 saturated heterocycles. The Labute approximate surface area is 96.3 Å². The van der Waals surface area contributed by atoms with E-state index in [2.05, 4.69) is 15.9 Å². The maximum Gasteiger partial charge on any atom is 0.311 e. The molecular weight excluding hydrogens is 267 g/mol. The van der Waals surface area contributed by atoms with Gasteiger partial charge in [-0.15, -0.1) is 11.6 Å². The largest absolute Gasteiger partial charge is 0.427 e. The quantitative estimate of drug-likeness (QED) is 0.479. The lowest BCUT2D eigenvalue weighted by Crippen LogP contribution is -2.07. The van der Waals surface area contributed by atoms with Gasteiger partial charge in [0, 0.05) is 16.8 Å². The SMILES string of the molecule is O=C(CCCCl)Oc1ccc(Br)cc1. The Balaban J connectivity index is 2.44. The minimum absolute atomic E-state index is 0.243. The number of halogens is 2. The molecule has 0 heterocycles. The molecular formula is C10H10BrClO2. The maximum absolute atomic E-state index is 11.2. The normalized spacial score (nSPS) is 9.86. The second-order valence-electron chi connectivity index (χ2n) is 2.72. The average molecular weight is 278 g/mol. The molecule has 0 aromatic heterocycles. The summed E-state index contributed by atoms with van der Waals surface area (Å²) in [6, 6.07) is 7.12. The Morgan fingerprint density at radius 3 is 2.57 bits per heavy atom. The number of ether oxygens (including phenoxy) is 1. The van der Waals surface area contributed by atoms with Crippen molar-refractivity contribution in [1.29, 1.82) is 0 Å². The first kappa shape index (κ1) is 11.5. The summed E-state index contributed by atoms with van der Waals surface area (Å²) >= 11 is 8.75. The number of esters is 1. The van der Waals surface area contributed by atoms with E-state index in [0.29, 0.717) is 24.5 Å². The lowest BCUT2D eigenvalue weighted by atomic mass is 10.3. The fourth-order valence-corrected chi connectivity index (χ4v) is 1.29. The highest BCUT2D eigenvalue weighted by molar-refractivity contribution is 9.10.